The molecular weight excluding hydrogens is 234 g/mol. The zero-order valence-electron chi connectivity index (χ0n) is 11.0. The molecule has 0 radical (unpaired) electrons. The Morgan fingerprint density at radius 1 is 1.47 bits per heavy atom. The summed E-state index contributed by atoms with van der Waals surface area (Å²) in [5.41, 5.74) is 1.39. The summed E-state index contributed by atoms with van der Waals surface area (Å²) < 4.78 is 11.3. The number of rotatable bonds is 4. The van der Waals surface area contributed by atoms with E-state index in [1.165, 1.54) is 15.3 Å². The van der Waals surface area contributed by atoms with Crippen molar-refractivity contribution in [2.24, 2.45) is 0 Å². The van der Waals surface area contributed by atoms with E-state index in [1.807, 2.05) is 25.2 Å². The van der Waals surface area contributed by atoms with Crippen LogP contribution in [0, 0.1) is 13.8 Å². The molecule has 4 heteroatoms. The van der Waals surface area contributed by atoms with Crippen molar-refractivity contribution < 1.29 is 9.47 Å². The van der Waals surface area contributed by atoms with Crippen LogP contribution in [0.2, 0.25) is 0 Å². The Balaban J connectivity index is 1.75. The lowest BCUT2D eigenvalue weighted by molar-refractivity contribution is -0.137. The van der Waals surface area contributed by atoms with Crippen LogP contribution in [0.4, 0.5) is 0 Å². The molecule has 0 aliphatic carbocycles. The zero-order chi connectivity index (χ0) is 12.5. The van der Waals surface area contributed by atoms with Gasteiger partial charge in [-0.05, 0) is 39.3 Å². The fourth-order valence-electron chi connectivity index (χ4n) is 2.09. The van der Waals surface area contributed by atoms with Crippen LogP contribution in [-0.2, 0) is 16.0 Å². The van der Waals surface area contributed by atoms with Crippen LogP contribution in [0.3, 0.4) is 0 Å². The molecule has 1 fully saturated rings. The molecule has 0 aromatic carbocycles. The van der Waals surface area contributed by atoms with E-state index in [4.69, 9.17) is 9.47 Å². The molecule has 0 amide bonds. The smallest absolute Gasteiger partial charge is 0.163 e. The average molecular weight is 255 g/mol. The number of hydrogen-bond donors (Lipinski definition) is 1. The summed E-state index contributed by atoms with van der Waals surface area (Å²) in [7, 11) is 0. The summed E-state index contributed by atoms with van der Waals surface area (Å²) in [6.45, 7) is 10.7. The lowest BCUT2D eigenvalue weighted by Crippen LogP contribution is -2.30. The monoisotopic (exact) mass is 255 g/mol. The number of aryl methyl sites for hydroxylation is 2. The van der Waals surface area contributed by atoms with Gasteiger partial charge in [0.05, 0.1) is 12.7 Å². The molecule has 0 bridgehead atoms. The van der Waals surface area contributed by atoms with Crippen molar-refractivity contribution in [2.75, 3.05) is 13.2 Å². The van der Waals surface area contributed by atoms with E-state index in [9.17, 15) is 0 Å². The molecule has 1 aromatic heterocycles. The molecule has 96 valence electrons. The molecule has 1 aromatic rings. The first kappa shape index (κ1) is 13.0. The predicted octanol–water partition coefficient (Wildman–Crippen LogP) is 2.61. The number of hydrogen-bond acceptors (Lipinski definition) is 4. The molecule has 1 aliphatic heterocycles. The van der Waals surface area contributed by atoms with E-state index < -0.39 is 5.79 Å². The minimum absolute atomic E-state index is 0.171. The molecule has 2 heterocycles. The van der Waals surface area contributed by atoms with Gasteiger partial charge in [-0.15, -0.1) is 11.3 Å². The Morgan fingerprint density at radius 3 is 2.76 bits per heavy atom. The Hall–Kier alpha value is -0.420. The molecule has 1 aliphatic rings. The van der Waals surface area contributed by atoms with Crippen LogP contribution in [-0.4, -0.2) is 25.0 Å². The average Bonchev–Trinajstić information content (AvgIpc) is 2.71. The maximum Gasteiger partial charge on any atom is 0.163 e. The van der Waals surface area contributed by atoms with Gasteiger partial charge in [0.25, 0.3) is 0 Å². The summed E-state index contributed by atoms with van der Waals surface area (Å²) in [6.07, 6.45) is 0.171. The highest BCUT2D eigenvalue weighted by atomic mass is 32.1. The SMILES string of the molecule is Cc1cc(CNCC2COC(C)(C)O2)c(C)s1. The molecule has 0 spiro atoms. The second-order valence-corrected chi connectivity index (χ2v) is 6.48. The van der Waals surface area contributed by atoms with Gasteiger partial charge in [-0.1, -0.05) is 0 Å². The zero-order valence-corrected chi connectivity index (χ0v) is 11.8. The largest absolute Gasteiger partial charge is 0.348 e. The Morgan fingerprint density at radius 2 is 2.24 bits per heavy atom. The van der Waals surface area contributed by atoms with Gasteiger partial charge in [0.15, 0.2) is 5.79 Å². The van der Waals surface area contributed by atoms with Crippen molar-refractivity contribution >= 4 is 11.3 Å². The van der Waals surface area contributed by atoms with E-state index in [0.717, 1.165) is 13.1 Å². The second-order valence-electron chi connectivity index (χ2n) is 5.02. The standard InChI is InChI=1S/C13H21NO2S/c1-9-5-11(10(2)17-9)6-14-7-12-8-15-13(3,4)16-12/h5,12,14H,6-8H2,1-4H3. The van der Waals surface area contributed by atoms with E-state index in [0.29, 0.717) is 6.61 Å². The van der Waals surface area contributed by atoms with Crippen LogP contribution < -0.4 is 5.32 Å². The Bertz CT molecular complexity index is 387. The first-order valence-electron chi connectivity index (χ1n) is 6.05. The van der Waals surface area contributed by atoms with Gasteiger partial charge in [0.2, 0.25) is 0 Å². The first-order valence-corrected chi connectivity index (χ1v) is 6.86. The van der Waals surface area contributed by atoms with Crippen LogP contribution in [0.1, 0.15) is 29.2 Å². The molecule has 3 nitrogen and oxygen atoms in total. The highest BCUT2D eigenvalue weighted by Gasteiger charge is 2.32. The molecular formula is C13H21NO2S. The number of nitrogens with one attached hydrogen (secondary N) is 1. The highest BCUT2D eigenvalue weighted by molar-refractivity contribution is 7.12. The first-order chi connectivity index (χ1) is 7.96. The third kappa shape index (κ3) is 3.52. The van der Waals surface area contributed by atoms with Crippen molar-refractivity contribution in [3.8, 4) is 0 Å². The lowest BCUT2D eigenvalue weighted by Gasteiger charge is -2.17. The molecule has 0 saturated carbocycles. The molecule has 1 saturated heterocycles. The normalized spacial score (nSPS) is 23.2. The maximum atomic E-state index is 5.74. The summed E-state index contributed by atoms with van der Waals surface area (Å²) in [5, 5.41) is 3.44. The summed E-state index contributed by atoms with van der Waals surface area (Å²) in [5.74, 6) is -0.415. The quantitative estimate of drug-likeness (QED) is 0.897. The topological polar surface area (TPSA) is 30.5 Å². The van der Waals surface area contributed by atoms with Gasteiger partial charge in [-0.3, -0.25) is 0 Å². The fourth-order valence-corrected chi connectivity index (χ4v) is 3.04. The third-order valence-corrected chi connectivity index (χ3v) is 3.91. The van der Waals surface area contributed by atoms with E-state index in [-0.39, 0.29) is 6.10 Å². The van der Waals surface area contributed by atoms with Gasteiger partial charge in [-0.25, -0.2) is 0 Å². The van der Waals surface area contributed by atoms with Crippen LogP contribution in [0.5, 0.6) is 0 Å². The van der Waals surface area contributed by atoms with Crippen LogP contribution >= 0.6 is 11.3 Å². The Labute approximate surface area is 107 Å². The maximum absolute atomic E-state index is 5.74. The third-order valence-electron chi connectivity index (χ3n) is 2.90. The Kier molecular flexibility index (Phi) is 3.88. The lowest BCUT2D eigenvalue weighted by atomic mass is 10.2. The molecule has 17 heavy (non-hydrogen) atoms. The molecule has 1 atom stereocenters. The highest BCUT2D eigenvalue weighted by Crippen LogP contribution is 2.22. The van der Waals surface area contributed by atoms with Gasteiger partial charge in [-0.2, -0.15) is 0 Å². The van der Waals surface area contributed by atoms with Crippen molar-refractivity contribution in [1.29, 1.82) is 0 Å². The van der Waals surface area contributed by atoms with Crippen molar-refractivity contribution in [2.45, 2.75) is 46.1 Å². The number of thiophene rings is 1. The van der Waals surface area contributed by atoms with Crippen molar-refractivity contribution in [3.63, 3.8) is 0 Å². The second kappa shape index (κ2) is 5.06. The number of ether oxygens (including phenoxy) is 2. The fraction of sp³-hybridized carbons (Fsp3) is 0.692. The molecule has 1 unspecified atom stereocenters. The van der Waals surface area contributed by atoms with E-state index in [2.05, 4.69) is 25.2 Å². The molecule has 1 N–H and O–H groups in total. The van der Waals surface area contributed by atoms with Crippen LogP contribution in [0.15, 0.2) is 6.07 Å². The molecule has 2 rings (SSSR count). The van der Waals surface area contributed by atoms with Crippen LogP contribution in [0.25, 0.3) is 0 Å². The van der Waals surface area contributed by atoms with Crippen molar-refractivity contribution in [1.82, 2.24) is 5.32 Å². The van der Waals surface area contributed by atoms with Gasteiger partial charge in [0, 0.05) is 22.8 Å². The van der Waals surface area contributed by atoms with E-state index in [1.54, 1.807) is 0 Å². The summed E-state index contributed by atoms with van der Waals surface area (Å²) >= 11 is 1.86. The van der Waals surface area contributed by atoms with Gasteiger partial charge < -0.3 is 14.8 Å². The van der Waals surface area contributed by atoms with Gasteiger partial charge >= 0.3 is 0 Å². The van der Waals surface area contributed by atoms with Gasteiger partial charge in [0.1, 0.15) is 0 Å². The van der Waals surface area contributed by atoms with E-state index >= 15 is 0 Å². The summed E-state index contributed by atoms with van der Waals surface area (Å²) in [4.78, 5) is 2.78. The minimum atomic E-state index is -0.415. The predicted molar refractivity (Wildman–Crippen MR) is 70.4 cm³/mol. The van der Waals surface area contributed by atoms with Crippen molar-refractivity contribution in [3.05, 3.63) is 21.4 Å². The summed E-state index contributed by atoms with van der Waals surface area (Å²) in [6, 6.07) is 2.25. The minimum Gasteiger partial charge on any atom is -0.348 e.